The van der Waals surface area contributed by atoms with E-state index >= 15 is 0 Å². The predicted molar refractivity (Wildman–Crippen MR) is 113 cm³/mol. The van der Waals surface area contributed by atoms with E-state index in [9.17, 15) is 9.59 Å². The fraction of sp³-hybridized carbons (Fsp3) is 0.0500. The van der Waals surface area contributed by atoms with E-state index in [1.165, 1.54) is 4.90 Å². The number of nitrogens with one attached hydrogen (secondary N) is 1. The van der Waals surface area contributed by atoms with Crippen LogP contribution in [0.25, 0.3) is 6.08 Å². The third-order valence-corrected chi connectivity index (χ3v) is 5.33. The van der Waals surface area contributed by atoms with Crippen molar-refractivity contribution in [1.29, 1.82) is 0 Å². The van der Waals surface area contributed by atoms with Crippen molar-refractivity contribution in [2.24, 2.45) is 0 Å². The Hall–Kier alpha value is -2.41. The number of amides is 2. The van der Waals surface area contributed by atoms with Gasteiger partial charge in [0.2, 0.25) is 0 Å². The Morgan fingerprint density at radius 3 is 2.26 bits per heavy atom. The molecular weight excluding hydrogens is 400 g/mol. The average Bonchev–Trinajstić information content (AvgIpc) is 2.65. The van der Waals surface area contributed by atoms with E-state index in [1.807, 2.05) is 48.5 Å². The quantitative estimate of drug-likeness (QED) is 0.343. The van der Waals surface area contributed by atoms with Gasteiger partial charge in [0, 0.05) is 21.4 Å². The summed E-state index contributed by atoms with van der Waals surface area (Å²) in [5.41, 5.74) is 0.795. The van der Waals surface area contributed by atoms with Crippen LogP contribution in [-0.2, 0) is 9.59 Å². The maximum atomic E-state index is 12.5. The first-order valence-electron chi connectivity index (χ1n) is 8.01. The largest absolute Gasteiger partial charge is 0.298 e. The Labute approximate surface area is 171 Å². The van der Waals surface area contributed by atoms with Gasteiger partial charge in [-0.2, -0.15) is 0 Å². The summed E-state index contributed by atoms with van der Waals surface area (Å²) in [5.74, 6) is -0.923. The minimum atomic E-state index is -0.495. The summed E-state index contributed by atoms with van der Waals surface area (Å²) in [6, 6.07) is 15.2. The lowest BCUT2D eigenvalue weighted by atomic mass is 10.1. The zero-order valence-corrected chi connectivity index (χ0v) is 16.5. The number of benzene rings is 2. The maximum absolute atomic E-state index is 12.5. The Balaban J connectivity index is 1.78. The minimum absolute atomic E-state index is 0.0450. The molecule has 0 spiro atoms. The molecule has 2 amide bonds. The summed E-state index contributed by atoms with van der Waals surface area (Å²) < 4.78 is 0. The summed E-state index contributed by atoms with van der Waals surface area (Å²) in [6.07, 6.45) is 3.12. The molecule has 0 bridgehead atoms. The highest BCUT2D eigenvalue weighted by Gasteiger charge is 2.32. The molecule has 2 aromatic carbocycles. The average molecular weight is 415 g/mol. The van der Waals surface area contributed by atoms with Crippen LogP contribution in [0, 0.1) is 0 Å². The molecular formula is C20H15ClN2O2S2. The molecule has 2 aromatic rings. The molecule has 0 saturated carbocycles. The lowest BCUT2D eigenvalue weighted by Crippen LogP contribution is -2.53. The van der Waals surface area contributed by atoms with Crippen LogP contribution in [-0.4, -0.2) is 28.4 Å². The Morgan fingerprint density at radius 2 is 1.67 bits per heavy atom. The molecule has 0 aromatic heterocycles. The second-order valence-electron chi connectivity index (χ2n) is 5.65. The van der Waals surface area contributed by atoms with E-state index in [-0.39, 0.29) is 17.2 Å². The van der Waals surface area contributed by atoms with E-state index in [4.69, 9.17) is 23.8 Å². The fourth-order valence-corrected chi connectivity index (χ4v) is 3.62. The van der Waals surface area contributed by atoms with Crippen LogP contribution in [0.3, 0.4) is 0 Å². The van der Waals surface area contributed by atoms with Crippen molar-refractivity contribution in [2.75, 3.05) is 6.54 Å². The van der Waals surface area contributed by atoms with Gasteiger partial charge in [0.25, 0.3) is 11.8 Å². The van der Waals surface area contributed by atoms with Crippen molar-refractivity contribution < 1.29 is 9.59 Å². The minimum Gasteiger partial charge on any atom is -0.298 e. The summed E-state index contributed by atoms with van der Waals surface area (Å²) in [6.45, 7) is 3.85. The second kappa shape index (κ2) is 8.52. The molecule has 0 aliphatic carbocycles. The van der Waals surface area contributed by atoms with Crippen molar-refractivity contribution in [3.8, 4) is 0 Å². The Bertz CT molecular complexity index is 937. The number of carbonyl (C=O) groups is 2. The molecule has 0 atom stereocenters. The molecule has 1 N–H and O–H groups in total. The van der Waals surface area contributed by atoms with Gasteiger partial charge in [-0.25, -0.2) is 0 Å². The van der Waals surface area contributed by atoms with Gasteiger partial charge >= 0.3 is 0 Å². The van der Waals surface area contributed by atoms with E-state index in [1.54, 1.807) is 23.9 Å². The van der Waals surface area contributed by atoms with Crippen molar-refractivity contribution in [3.05, 3.63) is 77.3 Å². The van der Waals surface area contributed by atoms with Crippen LogP contribution >= 0.6 is 35.6 Å². The van der Waals surface area contributed by atoms with Gasteiger partial charge in [-0.05, 0) is 60.3 Å². The first-order valence-corrected chi connectivity index (χ1v) is 9.61. The van der Waals surface area contributed by atoms with Gasteiger partial charge in [-0.1, -0.05) is 41.6 Å². The van der Waals surface area contributed by atoms with Crippen LogP contribution < -0.4 is 5.32 Å². The zero-order valence-electron chi connectivity index (χ0n) is 14.1. The molecule has 0 radical (unpaired) electrons. The number of thiocarbonyl (C=S) groups is 1. The summed E-state index contributed by atoms with van der Waals surface area (Å²) in [5, 5.41) is 3.32. The molecule has 4 nitrogen and oxygen atoms in total. The summed E-state index contributed by atoms with van der Waals surface area (Å²) in [7, 11) is 0. The third kappa shape index (κ3) is 4.66. The van der Waals surface area contributed by atoms with Crippen molar-refractivity contribution in [2.45, 2.75) is 9.79 Å². The summed E-state index contributed by atoms with van der Waals surface area (Å²) >= 11 is 12.5. The molecule has 136 valence electrons. The zero-order chi connectivity index (χ0) is 19.4. The molecule has 1 aliphatic heterocycles. The third-order valence-electron chi connectivity index (χ3n) is 3.74. The van der Waals surface area contributed by atoms with Crippen LogP contribution in [0.4, 0.5) is 0 Å². The molecule has 1 fully saturated rings. The molecule has 27 heavy (non-hydrogen) atoms. The number of rotatable bonds is 5. The van der Waals surface area contributed by atoms with Gasteiger partial charge in [0.05, 0.1) is 0 Å². The highest BCUT2D eigenvalue weighted by Crippen LogP contribution is 2.29. The molecule has 1 saturated heterocycles. The standard InChI is InChI=1S/C20H15ClN2O2S2/c1-2-11-23-19(25)17(18(24)22-20(23)26)12-13-3-7-15(8-4-13)27-16-9-5-14(21)6-10-16/h2-10,12H,1,11H2,(H,22,24,26)/b17-12-. The number of carbonyl (C=O) groups excluding carboxylic acids is 2. The fourth-order valence-electron chi connectivity index (χ4n) is 2.43. The number of hydrogen-bond acceptors (Lipinski definition) is 4. The van der Waals surface area contributed by atoms with Crippen LogP contribution in [0.5, 0.6) is 0 Å². The number of nitrogens with zero attached hydrogens (tertiary/aromatic N) is 1. The Morgan fingerprint density at radius 1 is 1.07 bits per heavy atom. The van der Waals surface area contributed by atoms with Gasteiger partial charge < -0.3 is 0 Å². The topological polar surface area (TPSA) is 49.4 Å². The monoisotopic (exact) mass is 414 g/mol. The lowest BCUT2D eigenvalue weighted by Gasteiger charge is -2.27. The summed E-state index contributed by atoms with van der Waals surface area (Å²) in [4.78, 5) is 28.1. The van der Waals surface area contributed by atoms with Crippen molar-refractivity contribution in [3.63, 3.8) is 0 Å². The second-order valence-corrected chi connectivity index (χ2v) is 7.62. The molecule has 0 unspecified atom stereocenters. The number of halogens is 1. The van der Waals surface area contributed by atoms with E-state index in [0.29, 0.717) is 5.02 Å². The van der Waals surface area contributed by atoms with E-state index < -0.39 is 11.8 Å². The first kappa shape index (κ1) is 19.4. The molecule has 1 aliphatic rings. The van der Waals surface area contributed by atoms with Crippen molar-refractivity contribution >= 4 is 58.6 Å². The lowest BCUT2D eigenvalue weighted by molar-refractivity contribution is -0.128. The van der Waals surface area contributed by atoms with E-state index in [0.717, 1.165) is 15.4 Å². The van der Waals surface area contributed by atoms with E-state index in [2.05, 4.69) is 11.9 Å². The highest BCUT2D eigenvalue weighted by atomic mass is 35.5. The van der Waals surface area contributed by atoms with Crippen LogP contribution in [0.2, 0.25) is 5.02 Å². The van der Waals surface area contributed by atoms with Gasteiger partial charge in [-0.3, -0.25) is 19.8 Å². The molecule has 1 heterocycles. The highest BCUT2D eigenvalue weighted by molar-refractivity contribution is 7.99. The number of hydrogen-bond donors (Lipinski definition) is 1. The van der Waals surface area contributed by atoms with Gasteiger partial charge in [-0.15, -0.1) is 6.58 Å². The SMILES string of the molecule is C=CCN1C(=O)/C(=C\c2ccc(Sc3ccc(Cl)cc3)cc2)C(=O)NC1=S. The van der Waals surface area contributed by atoms with Gasteiger partial charge in [0.15, 0.2) is 5.11 Å². The smallest absolute Gasteiger partial charge is 0.265 e. The predicted octanol–water partition coefficient (Wildman–Crippen LogP) is 4.30. The van der Waals surface area contributed by atoms with Crippen LogP contribution in [0.1, 0.15) is 5.56 Å². The van der Waals surface area contributed by atoms with Gasteiger partial charge in [0.1, 0.15) is 5.57 Å². The Kier molecular flexibility index (Phi) is 6.11. The normalized spacial score (nSPS) is 15.8. The molecule has 7 heteroatoms. The maximum Gasteiger partial charge on any atom is 0.265 e. The van der Waals surface area contributed by atoms with Crippen LogP contribution in [0.15, 0.2) is 76.5 Å². The van der Waals surface area contributed by atoms with Crippen molar-refractivity contribution in [1.82, 2.24) is 10.2 Å². The molecule has 3 rings (SSSR count). The first-order chi connectivity index (χ1) is 13.0.